The fourth-order valence-corrected chi connectivity index (χ4v) is 1.41. The average Bonchev–Trinajstić information content (AvgIpc) is 2.46. The van der Waals surface area contributed by atoms with E-state index in [2.05, 4.69) is 20.8 Å². The molecule has 0 aliphatic heterocycles. The highest BCUT2D eigenvalue weighted by molar-refractivity contribution is 6.28. The van der Waals surface area contributed by atoms with E-state index in [9.17, 15) is 0 Å². The van der Waals surface area contributed by atoms with E-state index in [1.54, 1.807) is 6.07 Å². The topological polar surface area (TPSA) is 39.2 Å². The van der Waals surface area contributed by atoms with Gasteiger partial charge in [-0.2, -0.15) is 0 Å². The molecule has 2 N–H and O–H groups in total. The van der Waals surface area contributed by atoms with E-state index < -0.39 is 0 Å². The van der Waals surface area contributed by atoms with Crippen LogP contribution in [0.3, 0.4) is 0 Å². The van der Waals surface area contributed by atoms with Crippen LogP contribution in [-0.2, 0) is 0 Å². The molecule has 1 unspecified atom stereocenters. The molecule has 1 aromatic rings. The van der Waals surface area contributed by atoms with Crippen LogP contribution in [-0.4, -0.2) is 0 Å². The molecule has 1 aromatic heterocycles. The van der Waals surface area contributed by atoms with Gasteiger partial charge in [0.2, 0.25) is 0 Å². The average molecular weight is 216 g/mol. The normalized spacial score (nSPS) is 14.4. The summed E-state index contributed by atoms with van der Waals surface area (Å²) in [5.41, 5.74) is 6.28. The van der Waals surface area contributed by atoms with E-state index >= 15 is 0 Å². The first-order valence-electron chi connectivity index (χ1n) is 4.89. The van der Waals surface area contributed by atoms with Crippen LogP contribution in [0.5, 0.6) is 0 Å². The van der Waals surface area contributed by atoms with E-state index in [-0.39, 0.29) is 6.04 Å². The highest BCUT2D eigenvalue weighted by Gasteiger charge is 2.15. The first-order valence-corrected chi connectivity index (χ1v) is 5.27. The van der Waals surface area contributed by atoms with Crippen molar-refractivity contribution in [3.63, 3.8) is 0 Å². The van der Waals surface area contributed by atoms with Crippen molar-refractivity contribution in [3.8, 4) is 0 Å². The van der Waals surface area contributed by atoms with Crippen LogP contribution in [0.25, 0.3) is 0 Å². The maximum Gasteiger partial charge on any atom is 0.193 e. The second-order valence-corrected chi connectivity index (χ2v) is 5.22. The third-order valence-electron chi connectivity index (χ3n) is 2.16. The molecule has 1 atom stereocenters. The molecule has 0 radical (unpaired) electrons. The fraction of sp³-hybridized carbons (Fsp3) is 0.636. The molecule has 0 saturated carbocycles. The zero-order valence-corrected chi connectivity index (χ0v) is 9.77. The van der Waals surface area contributed by atoms with Gasteiger partial charge >= 0.3 is 0 Å². The zero-order chi connectivity index (χ0) is 10.8. The predicted molar refractivity (Wildman–Crippen MR) is 59.3 cm³/mol. The number of furan rings is 1. The van der Waals surface area contributed by atoms with Crippen LogP contribution in [0.15, 0.2) is 16.5 Å². The lowest BCUT2D eigenvalue weighted by Gasteiger charge is -2.19. The van der Waals surface area contributed by atoms with Crippen molar-refractivity contribution in [1.82, 2.24) is 0 Å². The Morgan fingerprint density at radius 3 is 2.50 bits per heavy atom. The Bertz CT molecular complexity index is 288. The van der Waals surface area contributed by atoms with E-state index in [4.69, 9.17) is 21.8 Å². The van der Waals surface area contributed by atoms with Gasteiger partial charge in [-0.3, -0.25) is 0 Å². The third-order valence-corrected chi connectivity index (χ3v) is 2.37. The molecular weight excluding hydrogens is 198 g/mol. The van der Waals surface area contributed by atoms with Crippen molar-refractivity contribution < 1.29 is 4.42 Å². The van der Waals surface area contributed by atoms with Crippen molar-refractivity contribution in [2.45, 2.75) is 39.7 Å². The monoisotopic (exact) mass is 215 g/mol. The zero-order valence-electron chi connectivity index (χ0n) is 9.01. The summed E-state index contributed by atoms with van der Waals surface area (Å²) in [5, 5.41) is 0.409. The lowest BCUT2D eigenvalue weighted by molar-refractivity contribution is 0.335. The molecule has 3 heteroatoms. The van der Waals surface area contributed by atoms with Gasteiger partial charge < -0.3 is 10.2 Å². The number of nitrogens with two attached hydrogens (primary N) is 1. The lowest BCUT2D eigenvalue weighted by atomic mass is 9.88. The molecule has 1 rings (SSSR count). The maximum atomic E-state index is 5.96. The van der Waals surface area contributed by atoms with Crippen LogP contribution in [0.2, 0.25) is 5.22 Å². The molecule has 0 aromatic carbocycles. The summed E-state index contributed by atoms with van der Waals surface area (Å²) in [6, 6.07) is 3.53. The van der Waals surface area contributed by atoms with Crippen LogP contribution < -0.4 is 5.73 Å². The van der Waals surface area contributed by atoms with Crippen LogP contribution in [0.4, 0.5) is 0 Å². The van der Waals surface area contributed by atoms with Gasteiger partial charge in [0.1, 0.15) is 5.76 Å². The van der Waals surface area contributed by atoms with Gasteiger partial charge in [0.15, 0.2) is 5.22 Å². The molecular formula is C11H18ClNO. The van der Waals surface area contributed by atoms with Crippen molar-refractivity contribution in [2.75, 3.05) is 0 Å². The first-order chi connectivity index (χ1) is 6.38. The van der Waals surface area contributed by atoms with Crippen molar-refractivity contribution >= 4 is 11.6 Å². The Kier molecular flexibility index (Phi) is 3.62. The van der Waals surface area contributed by atoms with Crippen molar-refractivity contribution in [1.29, 1.82) is 0 Å². The Morgan fingerprint density at radius 2 is 2.07 bits per heavy atom. The van der Waals surface area contributed by atoms with Crippen LogP contribution >= 0.6 is 11.6 Å². The largest absolute Gasteiger partial charge is 0.448 e. The number of rotatable bonds is 3. The van der Waals surface area contributed by atoms with Gasteiger partial charge in [0.25, 0.3) is 0 Å². The fourth-order valence-electron chi connectivity index (χ4n) is 1.26. The summed E-state index contributed by atoms with van der Waals surface area (Å²) in [4.78, 5) is 0. The molecule has 0 fully saturated rings. The molecule has 0 aliphatic rings. The minimum Gasteiger partial charge on any atom is -0.448 e. The first kappa shape index (κ1) is 11.6. The minimum absolute atomic E-state index is 0.0401. The standard InChI is InChI=1S/C11H18ClNO/c1-11(2,3)7-6-8(13)9-4-5-10(12)14-9/h4-5,8H,6-7,13H2,1-3H3. The summed E-state index contributed by atoms with van der Waals surface area (Å²) >= 11 is 5.67. The summed E-state index contributed by atoms with van der Waals surface area (Å²) in [7, 11) is 0. The quantitative estimate of drug-likeness (QED) is 0.834. The number of hydrogen-bond donors (Lipinski definition) is 1. The van der Waals surface area contributed by atoms with Gasteiger partial charge in [0, 0.05) is 0 Å². The van der Waals surface area contributed by atoms with E-state index in [0.29, 0.717) is 10.6 Å². The smallest absolute Gasteiger partial charge is 0.193 e. The predicted octanol–water partition coefficient (Wildman–Crippen LogP) is 3.76. The van der Waals surface area contributed by atoms with Crippen molar-refractivity contribution in [2.24, 2.45) is 11.1 Å². The molecule has 0 aliphatic carbocycles. The lowest BCUT2D eigenvalue weighted by Crippen LogP contribution is -2.14. The molecule has 14 heavy (non-hydrogen) atoms. The van der Waals surface area contributed by atoms with Gasteiger partial charge in [0.05, 0.1) is 6.04 Å². The second-order valence-electron chi connectivity index (χ2n) is 4.85. The van der Waals surface area contributed by atoms with Crippen LogP contribution in [0, 0.1) is 5.41 Å². The highest BCUT2D eigenvalue weighted by atomic mass is 35.5. The SMILES string of the molecule is CC(C)(C)CCC(N)c1ccc(Cl)o1. The number of halogens is 1. The summed E-state index contributed by atoms with van der Waals surface area (Å²) < 4.78 is 5.25. The third kappa shape index (κ3) is 3.72. The van der Waals surface area contributed by atoms with Gasteiger partial charge in [-0.1, -0.05) is 20.8 Å². The van der Waals surface area contributed by atoms with Crippen LogP contribution in [0.1, 0.15) is 45.4 Å². The molecule has 0 spiro atoms. The Hall–Kier alpha value is -0.470. The van der Waals surface area contributed by atoms with E-state index in [1.165, 1.54) is 0 Å². The van der Waals surface area contributed by atoms with Gasteiger partial charge in [-0.15, -0.1) is 0 Å². The minimum atomic E-state index is -0.0401. The Morgan fingerprint density at radius 1 is 1.43 bits per heavy atom. The van der Waals surface area contributed by atoms with Crippen molar-refractivity contribution in [3.05, 3.63) is 23.1 Å². The van der Waals surface area contributed by atoms with Gasteiger partial charge in [-0.25, -0.2) is 0 Å². The summed E-state index contributed by atoms with van der Waals surface area (Å²) in [6.45, 7) is 6.61. The maximum absolute atomic E-state index is 5.96. The number of hydrogen-bond acceptors (Lipinski definition) is 2. The second kappa shape index (κ2) is 4.37. The summed E-state index contributed by atoms with van der Waals surface area (Å²) in [6.07, 6.45) is 2.00. The van der Waals surface area contributed by atoms with E-state index in [1.807, 2.05) is 6.07 Å². The molecule has 0 amide bonds. The Labute approximate surface area is 90.4 Å². The molecule has 2 nitrogen and oxygen atoms in total. The highest BCUT2D eigenvalue weighted by Crippen LogP contribution is 2.27. The van der Waals surface area contributed by atoms with E-state index in [0.717, 1.165) is 18.6 Å². The molecule has 0 bridgehead atoms. The Balaban J connectivity index is 2.47. The molecule has 0 saturated heterocycles. The summed E-state index contributed by atoms with van der Waals surface area (Å²) in [5.74, 6) is 0.777. The molecule has 1 heterocycles. The van der Waals surface area contributed by atoms with Gasteiger partial charge in [-0.05, 0) is 42.0 Å². The molecule has 80 valence electrons.